The quantitative estimate of drug-likeness (QED) is 0.221. The van der Waals surface area contributed by atoms with Crippen LogP contribution < -0.4 is 0 Å². The topological polar surface area (TPSA) is 20.7 Å². The van der Waals surface area contributed by atoms with Gasteiger partial charge in [0.25, 0.3) is 0 Å². The third kappa shape index (κ3) is 3.44. The number of hydrogen-bond acceptors (Lipinski definition) is 0. The van der Waals surface area contributed by atoms with Crippen LogP contribution in [0, 0.1) is 6.92 Å². The number of rotatable bonds is 4. The SMILES string of the molecule is C=C/C=C\c1c(C)c(-c2cc3c(c4ccccc24)c2ccccc2n3-c2ccccc2)cc2[nH]c3ccccc3c12. The summed E-state index contributed by atoms with van der Waals surface area (Å²) < 4.78 is 2.41. The van der Waals surface area contributed by atoms with E-state index in [1.807, 2.05) is 12.2 Å². The molecule has 0 unspecified atom stereocenters. The van der Waals surface area contributed by atoms with Gasteiger partial charge in [0.1, 0.15) is 0 Å². The van der Waals surface area contributed by atoms with Gasteiger partial charge in [-0.25, -0.2) is 0 Å². The van der Waals surface area contributed by atoms with Crippen molar-refractivity contribution < 1.29 is 0 Å². The van der Waals surface area contributed by atoms with Gasteiger partial charge in [0, 0.05) is 38.3 Å². The van der Waals surface area contributed by atoms with Crippen molar-refractivity contribution >= 4 is 60.5 Å². The second kappa shape index (κ2) is 9.11. The molecule has 0 saturated heterocycles. The molecule has 0 spiro atoms. The van der Waals surface area contributed by atoms with Gasteiger partial charge >= 0.3 is 0 Å². The summed E-state index contributed by atoms with van der Waals surface area (Å²) in [5.74, 6) is 0. The first-order valence-electron chi connectivity index (χ1n) is 14.1. The first kappa shape index (κ1) is 23.5. The van der Waals surface area contributed by atoms with Crippen molar-refractivity contribution in [3.63, 3.8) is 0 Å². The number of allylic oxidation sites excluding steroid dienone is 2. The van der Waals surface area contributed by atoms with E-state index in [1.165, 1.54) is 65.6 Å². The van der Waals surface area contributed by atoms with Crippen molar-refractivity contribution in [2.75, 3.05) is 0 Å². The number of para-hydroxylation sites is 3. The minimum absolute atomic E-state index is 1.14. The van der Waals surface area contributed by atoms with Gasteiger partial charge in [0.2, 0.25) is 0 Å². The second-order valence-electron chi connectivity index (χ2n) is 10.7. The van der Waals surface area contributed by atoms with Crippen LogP contribution in [0.25, 0.3) is 77.3 Å². The lowest BCUT2D eigenvalue weighted by Gasteiger charge is -2.16. The number of benzene rings is 6. The largest absolute Gasteiger partial charge is 0.354 e. The third-order valence-electron chi connectivity index (χ3n) is 8.48. The summed E-state index contributed by atoms with van der Waals surface area (Å²) in [5, 5.41) is 7.58. The van der Waals surface area contributed by atoms with E-state index in [-0.39, 0.29) is 0 Å². The van der Waals surface area contributed by atoms with Crippen molar-refractivity contribution in [3.05, 3.63) is 145 Å². The predicted octanol–water partition coefficient (Wildman–Crippen LogP) is 10.7. The molecule has 0 aliphatic rings. The van der Waals surface area contributed by atoms with Crippen molar-refractivity contribution in [3.8, 4) is 16.8 Å². The number of aromatic nitrogens is 2. The molecule has 41 heavy (non-hydrogen) atoms. The Kier molecular flexibility index (Phi) is 5.23. The first-order chi connectivity index (χ1) is 20.2. The molecule has 0 aliphatic heterocycles. The zero-order valence-corrected chi connectivity index (χ0v) is 22.9. The Labute approximate surface area is 238 Å². The summed E-state index contributed by atoms with van der Waals surface area (Å²) >= 11 is 0. The Morgan fingerprint density at radius 1 is 0.610 bits per heavy atom. The van der Waals surface area contributed by atoms with Crippen LogP contribution in [-0.4, -0.2) is 9.55 Å². The van der Waals surface area contributed by atoms with Crippen LogP contribution in [0.4, 0.5) is 0 Å². The van der Waals surface area contributed by atoms with E-state index in [9.17, 15) is 0 Å². The molecule has 0 amide bonds. The van der Waals surface area contributed by atoms with Crippen LogP contribution in [0.2, 0.25) is 0 Å². The molecule has 2 heteroatoms. The van der Waals surface area contributed by atoms with Crippen LogP contribution in [0.15, 0.2) is 134 Å². The van der Waals surface area contributed by atoms with Crippen molar-refractivity contribution in [2.24, 2.45) is 0 Å². The zero-order valence-electron chi connectivity index (χ0n) is 22.9. The van der Waals surface area contributed by atoms with Gasteiger partial charge < -0.3 is 9.55 Å². The van der Waals surface area contributed by atoms with Crippen LogP contribution in [-0.2, 0) is 0 Å². The van der Waals surface area contributed by atoms with Crippen molar-refractivity contribution in [2.45, 2.75) is 6.92 Å². The van der Waals surface area contributed by atoms with Gasteiger partial charge in [-0.3, -0.25) is 0 Å². The first-order valence-corrected chi connectivity index (χ1v) is 14.1. The van der Waals surface area contributed by atoms with Gasteiger partial charge in [-0.2, -0.15) is 0 Å². The lowest BCUT2D eigenvalue weighted by molar-refractivity contribution is 1.18. The van der Waals surface area contributed by atoms with Crippen molar-refractivity contribution in [1.82, 2.24) is 9.55 Å². The monoisotopic (exact) mass is 524 g/mol. The standard InChI is InChI=1S/C39H28N2/c1-3-4-16-27-25(2)32(23-35-38(27)30-19-10-12-21-34(30)40-35)33-24-37-39(29-18-9-8-17-28(29)33)31-20-11-13-22-36(31)41(37)26-14-6-5-7-15-26/h3-24,40H,1H2,2H3/b16-4-. The molecular weight excluding hydrogens is 496 g/mol. The second-order valence-corrected chi connectivity index (χ2v) is 10.7. The molecular formula is C39H28N2. The number of fused-ring (bicyclic) bond motifs is 8. The molecule has 194 valence electrons. The van der Waals surface area contributed by atoms with E-state index in [0.717, 1.165) is 16.7 Å². The molecule has 0 bridgehead atoms. The van der Waals surface area contributed by atoms with Crippen LogP contribution in [0.1, 0.15) is 11.1 Å². The van der Waals surface area contributed by atoms with E-state index in [0.29, 0.717) is 0 Å². The summed E-state index contributed by atoms with van der Waals surface area (Å²) in [4.78, 5) is 3.71. The van der Waals surface area contributed by atoms with Gasteiger partial charge in [0.15, 0.2) is 0 Å². The fourth-order valence-electron chi connectivity index (χ4n) is 6.71. The van der Waals surface area contributed by atoms with E-state index < -0.39 is 0 Å². The summed E-state index contributed by atoms with van der Waals surface area (Å²) in [6, 6.07) is 41.6. The van der Waals surface area contributed by atoms with Gasteiger partial charge in [-0.05, 0) is 76.3 Å². The van der Waals surface area contributed by atoms with E-state index in [4.69, 9.17) is 0 Å². The minimum Gasteiger partial charge on any atom is -0.354 e. The van der Waals surface area contributed by atoms with E-state index in [1.54, 1.807) is 0 Å². The summed E-state index contributed by atoms with van der Waals surface area (Å²) in [6.07, 6.45) is 6.10. The Morgan fingerprint density at radius 2 is 1.29 bits per heavy atom. The summed E-state index contributed by atoms with van der Waals surface area (Å²) in [5.41, 5.74) is 10.8. The maximum Gasteiger partial charge on any atom is 0.0553 e. The molecule has 6 aromatic carbocycles. The Bertz CT molecular complexity index is 2330. The van der Waals surface area contributed by atoms with Crippen molar-refractivity contribution in [1.29, 1.82) is 0 Å². The summed E-state index contributed by atoms with van der Waals surface area (Å²) in [7, 11) is 0. The highest BCUT2D eigenvalue weighted by atomic mass is 15.0. The maximum atomic E-state index is 3.95. The van der Waals surface area contributed by atoms with Gasteiger partial charge in [-0.1, -0.05) is 104 Å². The molecule has 0 radical (unpaired) electrons. The molecule has 8 rings (SSSR count). The Morgan fingerprint density at radius 3 is 2.10 bits per heavy atom. The summed E-state index contributed by atoms with van der Waals surface area (Å²) in [6.45, 7) is 6.21. The normalized spacial score (nSPS) is 12.0. The fourth-order valence-corrected chi connectivity index (χ4v) is 6.71. The van der Waals surface area contributed by atoms with Crippen LogP contribution in [0.5, 0.6) is 0 Å². The highest BCUT2D eigenvalue weighted by Crippen LogP contribution is 2.44. The predicted molar refractivity (Wildman–Crippen MR) is 177 cm³/mol. The molecule has 2 nitrogen and oxygen atoms in total. The highest BCUT2D eigenvalue weighted by molar-refractivity contribution is 6.25. The maximum absolute atomic E-state index is 3.95. The smallest absolute Gasteiger partial charge is 0.0553 e. The van der Waals surface area contributed by atoms with Crippen LogP contribution >= 0.6 is 0 Å². The minimum atomic E-state index is 1.14. The third-order valence-corrected chi connectivity index (χ3v) is 8.48. The number of nitrogens with zero attached hydrogens (tertiary/aromatic N) is 1. The Hall–Kier alpha value is -5.34. The average molecular weight is 525 g/mol. The lowest BCUT2D eigenvalue weighted by atomic mass is 9.88. The van der Waals surface area contributed by atoms with Crippen LogP contribution in [0.3, 0.4) is 0 Å². The number of nitrogens with one attached hydrogen (secondary N) is 1. The van der Waals surface area contributed by atoms with E-state index in [2.05, 4.69) is 144 Å². The number of hydrogen-bond donors (Lipinski definition) is 1. The van der Waals surface area contributed by atoms with Gasteiger partial charge in [0.05, 0.1) is 11.0 Å². The van der Waals surface area contributed by atoms with E-state index >= 15 is 0 Å². The Balaban J connectivity index is 1.56. The molecule has 0 fully saturated rings. The average Bonchev–Trinajstić information content (AvgIpc) is 3.56. The molecule has 0 aliphatic carbocycles. The molecule has 2 aromatic heterocycles. The zero-order chi connectivity index (χ0) is 27.5. The molecule has 0 saturated carbocycles. The molecule has 8 aromatic rings. The number of H-pyrrole nitrogens is 1. The highest BCUT2D eigenvalue weighted by Gasteiger charge is 2.20. The van der Waals surface area contributed by atoms with Gasteiger partial charge in [-0.15, -0.1) is 0 Å². The fraction of sp³-hybridized carbons (Fsp3) is 0.0256. The molecule has 1 N–H and O–H groups in total. The molecule has 0 atom stereocenters. The molecule has 2 heterocycles. The lowest BCUT2D eigenvalue weighted by Crippen LogP contribution is -1.95. The number of aromatic amines is 1.